The standard InChI is InChI=1S/C26H23BrO3/c1-2-5-20(24-25(28)22-6-3-4-7-23(22)30-26(24)29)16-17-8-10-18(11-9-17)19-12-14-21(27)15-13-19/h3-4,6-15,20,28H,2,5,16H2,1H3. The second-order valence-corrected chi connectivity index (χ2v) is 8.46. The number of hydrogen-bond acceptors (Lipinski definition) is 3. The molecule has 1 aromatic heterocycles. The molecular formula is C26H23BrO3. The molecule has 1 unspecified atom stereocenters. The maximum Gasteiger partial charge on any atom is 0.343 e. The summed E-state index contributed by atoms with van der Waals surface area (Å²) in [7, 11) is 0. The Hall–Kier alpha value is -2.85. The Balaban J connectivity index is 1.65. The lowest BCUT2D eigenvalue weighted by atomic mass is 9.87. The first-order valence-corrected chi connectivity index (χ1v) is 11.0. The third-order valence-corrected chi connectivity index (χ3v) is 6.01. The van der Waals surface area contributed by atoms with Gasteiger partial charge in [-0.25, -0.2) is 4.79 Å². The van der Waals surface area contributed by atoms with Gasteiger partial charge in [-0.3, -0.25) is 0 Å². The van der Waals surface area contributed by atoms with Crippen LogP contribution in [0.1, 0.15) is 36.8 Å². The van der Waals surface area contributed by atoms with Gasteiger partial charge >= 0.3 is 5.63 Å². The van der Waals surface area contributed by atoms with Crippen molar-refractivity contribution in [2.75, 3.05) is 0 Å². The van der Waals surface area contributed by atoms with Crippen molar-refractivity contribution >= 4 is 26.9 Å². The molecule has 4 rings (SSSR count). The maximum atomic E-state index is 12.7. The summed E-state index contributed by atoms with van der Waals surface area (Å²) in [6, 6.07) is 23.7. The number of benzene rings is 3. The van der Waals surface area contributed by atoms with Crippen molar-refractivity contribution in [2.24, 2.45) is 0 Å². The van der Waals surface area contributed by atoms with Crippen LogP contribution < -0.4 is 5.63 Å². The highest BCUT2D eigenvalue weighted by molar-refractivity contribution is 9.10. The number of halogens is 1. The zero-order valence-corrected chi connectivity index (χ0v) is 18.4. The Bertz CT molecular complexity index is 1210. The number of fused-ring (bicyclic) bond motifs is 1. The topological polar surface area (TPSA) is 50.4 Å². The Morgan fingerprint density at radius 3 is 2.23 bits per heavy atom. The minimum Gasteiger partial charge on any atom is -0.507 e. The van der Waals surface area contributed by atoms with Crippen molar-refractivity contribution < 1.29 is 9.52 Å². The van der Waals surface area contributed by atoms with Crippen LogP contribution in [-0.2, 0) is 6.42 Å². The molecule has 1 atom stereocenters. The zero-order chi connectivity index (χ0) is 21.1. The second kappa shape index (κ2) is 8.88. The summed E-state index contributed by atoms with van der Waals surface area (Å²) in [4.78, 5) is 12.7. The van der Waals surface area contributed by atoms with Gasteiger partial charge in [0.25, 0.3) is 0 Å². The molecule has 0 aliphatic rings. The van der Waals surface area contributed by atoms with E-state index in [0.29, 0.717) is 23.0 Å². The fraction of sp³-hybridized carbons (Fsp3) is 0.192. The van der Waals surface area contributed by atoms with Crippen LogP contribution in [0.15, 0.2) is 86.5 Å². The SMILES string of the molecule is CCCC(Cc1ccc(-c2ccc(Br)cc2)cc1)c1c(O)c2ccccc2oc1=O. The fourth-order valence-corrected chi connectivity index (χ4v) is 4.23. The molecule has 30 heavy (non-hydrogen) atoms. The molecule has 152 valence electrons. The molecule has 0 aliphatic heterocycles. The highest BCUT2D eigenvalue weighted by Gasteiger charge is 2.23. The van der Waals surface area contributed by atoms with Gasteiger partial charge in [-0.05, 0) is 59.7 Å². The highest BCUT2D eigenvalue weighted by Crippen LogP contribution is 2.35. The van der Waals surface area contributed by atoms with Crippen LogP contribution in [0, 0.1) is 0 Å². The van der Waals surface area contributed by atoms with E-state index in [1.165, 1.54) is 0 Å². The summed E-state index contributed by atoms with van der Waals surface area (Å²) in [5.74, 6) is -0.0545. The van der Waals surface area contributed by atoms with Gasteiger partial charge in [0.1, 0.15) is 11.3 Å². The van der Waals surface area contributed by atoms with Crippen LogP contribution in [0.2, 0.25) is 0 Å². The fourth-order valence-electron chi connectivity index (χ4n) is 3.96. The average molecular weight is 463 g/mol. The van der Waals surface area contributed by atoms with Gasteiger partial charge in [-0.1, -0.05) is 77.8 Å². The second-order valence-electron chi connectivity index (χ2n) is 7.54. The maximum absolute atomic E-state index is 12.7. The Kier molecular flexibility index (Phi) is 6.05. The Labute approximate surface area is 184 Å². The van der Waals surface area contributed by atoms with E-state index in [0.717, 1.165) is 34.0 Å². The van der Waals surface area contributed by atoms with E-state index in [-0.39, 0.29) is 11.7 Å². The molecule has 0 bridgehead atoms. The zero-order valence-electron chi connectivity index (χ0n) is 16.8. The lowest BCUT2D eigenvalue weighted by molar-refractivity contribution is 0.439. The molecule has 0 fully saturated rings. The highest BCUT2D eigenvalue weighted by atomic mass is 79.9. The molecule has 4 aromatic rings. The van der Waals surface area contributed by atoms with Crippen LogP contribution >= 0.6 is 15.9 Å². The largest absolute Gasteiger partial charge is 0.507 e. The van der Waals surface area contributed by atoms with Crippen molar-refractivity contribution in [1.29, 1.82) is 0 Å². The lowest BCUT2D eigenvalue weighted by Gasteiger charge is -2.18. The summed E-state index contributed by atoms with van der Waals surface area (Å²) in [6.45, 7) is 2.09. The third-order valence-electron chi connectivity index (χ3n) is 5.48. The number of para-hydroxylation sites is 1. The first-order valence-electron chi connectivity index (χ1n) is 10.2. The number of hydrogen-bond donors (Lipinski definition) is 1. The van der Waals surface area contributed by atoms with Crippen molar-refractivity contribution in [3.63, 3.8) is 0 Å². The van der Waals surface area contributed by atoms with E-state index in [1.54, 1.807) is 18.2 Å². The first-order chi connectivity index (χ1) is 14.6. The lowest BCUT2D eigenvalue weighted by Crippen LogP contribution is -2.15. The molecule has 4 heteroatoms. The average Bonchev–Trinajstić information content (AvgIpc) is 2.75. The van der Waals surface area contributed by atoms with Crippen LogP contribution in [0.25, 0.3) is 22.1 Å². The van der Waals surface area contributed by atoms with Gasteiger partial charge in [-0.2, -0.15) is 0 Å². The molecular weight excluding hydrogens is 440 g/mol. The molecule has 0 aliphatic carbocycles. The number of rotatable bonds is 6. The third kappa shape index (κ3) is 4.19. The van der Waals surface area contributed by atoms with Crippen LogP contribution in [-0.4, -0.2) is 5.11 Å². The van der Waals surface area contributed by atoms with Crippen molar-refractivity contribution in [1.82, 2.24) is 0 Å². The van der Waals surface area contributed by atoms with E-state index in [1.807, 2.05) is 18.2 Å². The molecule has 3 nitrogen and oxygen atoms in total. The van der Waals surface area contributed by atoms with E-state index in [4.69, 9.17) is 4.42 Å². The van der Waals surface area contributed by atoms with Gasteiger partial charge in [0, 0.05) is 4.47 Å². The predicted octanol–water partition coefficient (Wildman–Crippen LogP) is 7.05. The molecule has 1 N–H and O–H groups in total. The summed E-state index contributed by atoms with van der Waals surface area (Å²) in [6.07, 6.45) is 2.38. The summed E-state index contributed by atoms with van der Waals surface area (Å²) in [5.41, 5.74) is 3.77. The van der Waals surface area contributed by atoms with Gasteiger partial charge in [0.2, 0.25) is 0 Å². The molecule has 0 saturated carbocycles. The smallest absolute Gasteiger partial charge is 0.343 e. The van der Waals surface area contributed by atoms with Crippen molar-refractivity contribution in [3.05, 3.63) is 98.8 Å². The quantitative estimate of drug-likeness (QED) is 0.312. The van der Waals surface area contributed by atoms with E-state index in [9.17, 15) is 9.90 Å². The summed E-state index contributed by atoms with van der Waals surface area (Å²) >= 11 is 3.47. The van der Waals surface area contributed by atoms with Gasteiger partial charge in [0.15, 0.2) is 0 Å². The molecule has 0 saturated heterocycles. The number of aromatic hydroxyl groups is 1. The summed E-state index contributed by atoms with van der Waals surface area (Å²) < 4.78 is 6.56. The van der Waals surface area contributed by atoms with Gasteiger partial charge in [0.05, 0.1) is 10.9 Å². The Morgan fingerprint density at radius 1 is 0.933 bits per heavy atom. The van der Waals surface area contributed by atoms with Crippen molar-refractivity contribution in [2.45, 2.75) is 32.1 Å². The minimum atomic E-state index is -0.448. The van der Waals surface area contributed by atoms with Crippen LogP contribution in [0.3, 0.4) is 0 Å². The Morgan fingerprint density at radius 2 is 1.57 bits per heavy atom. The normalized spacial score (nSPS) is 12.2. The van der Waals surface area contributed by atoms with Gasteiger partial charge in [-0.15, -0.1) is 0 Å². The van der Waals surface area contributed by atoms with Gasteiger partial charge < -0.3 is 9.52 Å². The molecule has 3 aromatic carbocycles. The minimum absolute atomic E-state index is 0.0479. The first kappa shape index (κ1) is 20.4. The molecule has 1 heterocycles. The molecule has 0 amide bonds. The van der Waals surface area contributed by atoms with E-state index >= 15 is 0 Å². The monoisotopic (exact) mass is 462 g/mol. The van der Waals surface area contributed by atoms with E-state index < -0.39 is 5.63 Å². The predicted molar refractivity (Wildman–Crippen MR) is 125 cm³/mol. The van der Waals surface area contributed by atoms with E-state index in [2.05, 4.69) is 59.3 Å². The summed E-state index contributed by atoms with van der Waals surface area (Å²) in [5, 5.41) is 11.4. The van der Waals surface area contributed by atoms with Crippen molar-refractivity contribution in [3.8, 4) is 16.9 Å². The molecule has 0 radical (unpaired) electrons. The molecule has 0 spiro atoms. The van der Waals surface area contributed by atoms with Crippen LogP contribution in [0.5, 0.6) is 5.75 Å². The van der Waals surface area contributed by atoms with Crippen LogP contribution in [0.4, 0.5) is 0 Å².